The van der Waals surface area contributed by atoms with E-state index in [0.29, 0.717) is 0 Å². The van der Waals surface area contributed by atoms with Crippen molar-refractivity contribution in [1.29, 1.82) is 0 Å². The summed E-state index contributed by atoms with van der Waals surface area (Å²) in [6.07, 6.45) is 10.4. The van der Waals surface area contributed by atoms with E-state index in [9.17, 15) is 10.2 Å². The molecule has 0 aromatic carbocycles. The quantitative estimate of drug-likeness (QED) is 0.548. The molecule has 0 saturated carbocycles. The third-order valence-corrected chi connectivity index (χ3v) is 4.07. The van der Waals surface area contributed by atoms with Crippen molar-refractivity contribution in [3.8, 4) is 0 Å². The SMILES string of the molecule is CCCCC(CCO)C(O)(CCCC)CCCC. The fourth-order valence-corrected chi connectivity index (χ4v) is 2.79. The summed E-state index contributed by atoms with van der Waals surface area (Å²) in [6.45, 7) is 6.74. The summed E-state index contributed by atoms with van der Waals surface area (Å²) >= 11 is 0. The molecule has 1 atom stereocenters. The first-order valence-electron chi connectivity index (χ1n) is 7.97. The molecule has 0 aliphatic heterocycles. The lowest BCUT2D eigenvalue weighted by molar-refractivity contribution is -0.0487. The number of aliphatic hydroxyl groups excluding tert-OH is 1. The van der Waals surface area contributed by atoms with Crippen molar-refractivity contribution in [2.24, 2.45) is 5.92 Å². The second-order valence-corrected chi connectivity index (χ2v) is 5.66. The highest BCUT2D eigenvalue weighted by atomic mass is 16.3. The molecule has 0 spiro atoms. The van der Waals surface area contributed by atoms with Gasteiger partial charge in [0, 0.05) is 6.61 Å². The van der Waals surface area contributed by atoms with Gasteiger partial charge in [0.1, 0.15) is 0 Å². The van der Waals surface area contributed by atoms with Crippen LogP contribution >= 0.6 is 0 Å². The third-order valence-electron chi connectivity index (χ3n) is 4.07. The fourth-order valence-electron chi connectivity index (χ4n) is 2.79. The number of rotatable bonds is 12. The molecule has 0 rings (SSSR count). The zero-order valence-electron chi connectivity index (χ0n) is 12.7. The Morgan fingerprint density at radius 1 is 0.833 bits per heavy atom. The Labute approximate surface area is 114 Å². The molecule has 110 valence electrons. The fraction of sp³-hybridized carbons (Fsp3) is 1.00. The molecule has 18 heavy (non-hydrogen) atoms. The summed E-state index contributed by atoms with van der Waals surface area (Å²) in [5, 5.41) is 20.2. The van der Waals surface area contributed by atoms with E-state index >= 15 is 0 Å². The first-order chi connectivity index (χ1) is 8.64. The summed E-state index contributed by atoms with van der Waals surface area (Å²) in [6, 6.07) is 0. The number of hydrogen-bond acceptors (Lipinski definition) is 2. The lowest BCUT2D eigenvalue weighted by Gasteiger charge is -2.37. The molecule has 1 unspecified atom stereocenters. The Hall–Kier alpha value is -0.0800. The van der Waals surface area contributed by atoms with Gasteiger partial charge >= 0.3 is 0 Å². The van der Waals surface area contributed by atoms with Crippen LogP contribution in [0, 0.1) is 5.92 Å². The zero-order valence-corrected chi connectivity index (χ0v) is 12.7. The van der Waals surface area contributed by atoms with E-state index in [1.807, 2.05) is 0 Å². The maximum atomic E-state index is 11.0. The summed E-state index contributed by atoms with van der Waals surface area (Å²) in [4.78, 5) is 0. The molecule has 0 aromatic rings. The summed E-state index contributed by atoms with van der Waals surface area (Å²) in [5.41, 5.74) is -0.538. The van der Waals surface area contributed by atoms with E-state index in [0.717, 1.165) is 57.8 Å². The highest BCUT2D eigenvalue weighted by Crippen LogP contribution is 2.35. The van der Waals surface area contributed by atoms with Crippen LogP contribution in [0.3, 0.4) is 0 Å². The molecular formula is C16H34O2. The van der Waals surface area contributed by atoms with Crippen molar-refractivity contribution in [2.75, 3.05) is 6.61 Å². The lowest BCUT2D eigenvalue weighted by Crippen LogP contribution is -2.38. The zero-order chi connectivity index (χ0) is 13.9. The van der Waals surface area contributed by atoms with E-state index in [2.05, 4.69) is 20.8 Å². The summed E-state index contributed by atoms with van der Waals surface area (Å²) in [5.74, 6) is 0.278. The first kappa shape index (κ1) is 17.9. The largest absolute Gasteiger partial charge is 0.396 e. The van der Waals surface area contributed by atoms with E-state index in [1.165, 1.54) is 6.42 Å². The average molecular weight is 258 g/mol. The molecular weight excluding hydrogens is 224 g/mol. The van der Waals surface area contributed by atoms with E-state index in [4.69, 9.17) is 0 Å². The summed E-state index contributed by atoms with van der Waals surface area (Å²) in [7, 11) is 0. The minimum Gasteiger partial charge on any atom is -0.396 e. The van der Waals surface area contributed by atoms with Gasteiger partial charge in [0.25, 0.3) is 0 Å². The van der Waals surface area contributed by atoms with Crippen LogP contribution in [0.1, 0.15) is 85.0 Å². The first-order valence-corrected chi connectivity index (χ1v) is 7.97. The van der Waals surface area contributed by atoms with Crippen LogP contribution in [0.15, 0.2) is 0 Å². The lowest BCUT2D eigenvalue weighted by atomic mass is 9.75. The molecule has 2 nitrogen and oxygen atoms in total. The number of hydrogen-bond donors (Lipinski definition) is 2. The minimum atomic E-state index is -0.538. The smallest absolute Gasteiger partial charge is 0.0676 e. The maximum absolute atomic E-state index is 11.0. The van der Waals surface area contributed by atoms with Gasteiger partial charge in [-0.25, -0.2) is 0 Å². The minimum absolute atomic E-state index is 0.203. The Morgan fingerprint density at radius 3 is 1.72 bits per heavy atom. The molecule has 0 aliphatic rings. The molecule has 0 aliphatic carbocycles. The molecule has 0 bridgehead atoms. The van der Waals surface area contributed by atoms with Crippen molar-refractivity contribution < 1.29 is 10.2 Å². The van der Waals surface area contributed by atoms with Gasteiger partial charge in [-0.2, -0.15) is 0 Å². The predicted octanol–water partition coefficient (Wildman–Crippen LogP) is 4.29. The molecule has 0 radical (unpaired) electrons. The third kappa shape index (κ3) is 6.75. The monoisotopic (exact) mass is 258 g/mol. The van der Waals surface area contributed by atoms with Gasteiger partial charge in [-0.05, 0) is 31.6 Å². The van der Waals surface area contributed by atoms with Crippen LogP contribution < -0.4 is 0 Å². The van der Waals surface area contributed by atoms with E-state index in [1.54, 1.807) is 0 Å². The number of aliphatic hydroxyl groups is 2. The molecule has 2 N–H and O–H groups in total. The Morgan fingerprint density at radius 2 is 1.33 bits per heavy atom. The van der Waals surface area contributed by atoms with Crippen molar-refractivity contribution in [3.63, 3.8) is 0 Å². The van der Waals surface area contributed by atoms with Gasteiger partial charge in [0.05, 0.1) is 5.60 Å². The van der Waals surface area contributed by atoms with Crippen molar-refractivity contribution in [3.05, 3.63) is 0 Å². The van der Waals surface area contributed by atoms with Crippen LogP contribution in [0.4, 0.5) is 0 Å². The van der Waals surface area contributed by atoms with Crippen molar-refractivity contribution in [2.45, 2.75) is 90.6 Å². The van der Waals surface area contributed by atoms with E-state index < -0.39 is 5.60 Å². The normalized spacial score (nSPS) is 13.8. The van der Waals surface area contributed by atoms with Crippen LogP contribution in [0.2, 0.25) is 0 Å². The standard InChI is InChI=1S/C16H34O2/c1-4-7-10-15(11-14-17)16(18,12-8-5-2)13-9-6-3/h15,17-18H,4-14H2,1-3H3. The predicted molar refractivity (Wildman–Crippen MR) is 78.7 cm³/mol. The Balaban J connectivity index is 4.59. The van der Waals surface area contributed by atoms with Gasteiger partial charge in [0.15, 0.2) is 0 Å². The van der Waals surface area contributed by atoms with Crippen LogP contribution in [0.25, 0.3) is 0 Å². The van der Waals surface area contributed by atoms with Gasteiger partial charge in [-0.3, -0.25) is 0 Å². The Kier molecular flexibility index (Phi) is 10.8. The van der Waals surface area contributed by atoms with Gasteiger partial charge in [0.2, 0.25) is 0 Å². The average Bonchev–Trinajstić information content (AvgIpc) is 2.38. The van der Waals surface area contributed by atoms with Crippen molar-refractivity contribution >= 4 is 0 Å². The van der Waals surface area contributed by atoms with Gasteiger partial charge in [-0.1, -0.05) is 59.3 Å². The van der Waals surface area contributed by atoms with Crippen LogP contribution in [0.5, 0.6) is 0 Å². The molecule has 0 fully saturated rings. The van der Waals surface area contributed by atoms with Gasteiger partial charge in [-0.15, -0.1) is 0 Å². The highest BCUT2D eigenvalue weighted by Gasteiger charge is 2.34. The summed E-state index contributed by atoms with van der Waals surface area (Å²) < 4.78 is 0. The van der Waals surface area contributed by atoms with E-state index in [-0.39, 0.29) is 12.5 Å². The van der Waals surface area contributed by atoms with Crippen LogP contribution in [-0.4, -0.2) is 22.4 Å². The highest BCUT2D eigenvalue weighted by molar-refractivity contribution is 4.86. The molecule has 0 saturated heterocycles. The number of unbranched alkanes of at least 4 members (excludes halogenated alkanes) is 3. The van der Waals surface area contributed by atoms with Gasteiger partial charge < -0.3 is 10.2 Å². The second kappa shape index (κ2) is 10.8. The Bertz CT molecular complexity index is 172. The molecule has 0 aromatic heterocycles. The topological polar surface area (TPSA) is 40.5 Å². The van der Waals surface area contributed by atoms with Crippen LogP contribution in [-0.2, 0) is 0 Å². The molecule has 0 heterocycles. The maximum Gasteiger partial charge on any atom is 0.0676 e. The second-order valence-electron chi connectivity index (χ2n) is 5.66. The molecule has 2 heteroatoms. The van der Waals surface area contributed by atoms with Crippen molar-refractivity contribution in [1.82, 2.24) is 0 Å². The molecule has 0 amide bonds.